The summed E-state index contributed by atoms with van der Waals surface area (Å²) in [7, 11) is 0. The molecule has 3 N–H and O–H groups in total. The summed E-state index contributed by atoms with van der Waals surface area (Å²) in [5.74, 6) is -0.387. The van der Waals surface area contributed by atoms with Crippen LogP contribution in [0.15, 0.2) is 6.07 Å². The van der Waals surface area contributed by atoms with E-state index < -0.39 is 17.8 Å². The molecule has 0 radical (unpaired) electrons. The minimum Gasteiger partial charge on any atom is -0.395 e. The first-order chi connectivity index (χ1) is 8.25. The summed E-state index contributed by atoms with van der Waals surface area (Å²) in [5.41, 5.74) is 4.19. The van der Waals surface area contributed by atoms with Gasteiger partial charge in [-0.3, -0.25) is 0 Å². The Morgan fingerprint density at radius 2 is 2.00 bits per heavy atom. The Hall–Kier alpha value is -1.57. The maximum absolute atomic E-state index is 12.6. The standard InChI is InChI=1S/C10H15F3N4O/c1-6(2)17(3-4-18)8-5-7(10(11,12)13)15-9(14)16-8/h5-6,18H,3-4H2,1-2H3,(H2,14,15,16). The third-order valence-electron chi connectivity index (χ3n) is 2.28. The molecule has 0 aliphatic carbocycles. The fourth-order valence-electron chi connectivity index (χ4n) is 1.49. The van der Waals surface area contributed by atoms with Crippen molar-refractivity contribution in [2.24, 2.45) is 0 Å². The van der Waals surface area contributed by atoms with Crippen LogP contribution in [-0.4, -0.2) is 34.3 Å². The van der Waals surface area contributed by atoms with Gasteiger partial charge in [-0.05, 0) is 13.8 Å². The van der Waals surface area contributed by atoms with Crippen molar-refractivity contribution in [3.05, 3.63) is 11.8 Å². The normalized spacial score (nSPS) is 11.9. The van der Waals surface area contributed by atoms with Gasteiger partial charge in [0.15, 0.2) is 5.69 Å². The Morgan fingerprint density at radius 3 is 2.44 bits per heavy atom. The number of hydrogen-bond donors (Lipinski definition) is 2. The highest BCUT2D eigenvalue weighted by molar-refractivity contribution is 5.44. The van der Waals surface area contributed by atoms with Gasteiger partial charge in [-0.1, -0.05) is 0 Å². The molecule has 1 heterocycles. The minimum atomic E-state index is -4.58. The molecular formula is C10H15F3N4O. The quantitative estimate of drug-likeness (QED) is 0.857. The molecule has 0 atom stereocenters. The number of nitrogens with zero attached hydrogens (tertiary/aromatic N) is 3. The highest BCUT2D eigenvalue weighted by Gasteiger charge is 2.34. The Bertz CT molecular complexity index is 409. The number of anilines is 2. The summed E-state index contributed by atoms with van der Waals surface area (Å²) in [6.07, 6.45) is -4.58. The zero-order valence-electron chi connectivity index (χ0n) is 10.1. The molecule has 0 aromatic carbocycles. The lowest BCUT2D eigenvalue weighted by Crippen LogP contribution is -2.34. The van der Waals surface area contributed by atoms with Crippen molar-refractivity contribution in [2.45, 2.75) is 26.1 Å². The minimum absolute atomic E-state index is 0.0545. The van der Waals surface area contributed by atoms with Crippen molar-refractivity contribution >= 4 is 11.8 Å². The summed E-state index contributed by atoms with van der Waals surface area (Å²) >= 11 is 0. The van der Waals surface area contributed by atoms with E-state index in [0.717, 1.165) is 6.07 Å². The number of nitrogens with two attached hydrogens (primary N) is 1. The molecule has 0 amide bonds. The number of rotatable bonds is 4. The summed E-state index contributed by atoms with van der Waals surface area (Å²) in [4.78, 5) is 8.45. The SMILES string of the molecule is CC(C)N(CCO)c1cc(C(F)(F)F)nc(N)n1. The lowest BCUT2D eigenvalue weighted by molar-refractivity contribution is -0.141. The van der Waals surface area contributed by atoms with E-state index in [-0.39, 0.29) is 25.0 Å². The van der Waals surface area contributed by atoms with E-state index in [1.807, 2.05) is 0 Å². The maximum Gasteiger partial charge on any atom is 0.433 e. The number of hydrogen-bond acceptors (Lipinski definition) is 5. The molecule has 0 fully saturated rings. The van der Waals surface area contributed by atoms with Crippen LogP contribution in [0.25, 0.3) is 0 Å². The van der Waals surface area contributed by atoms with E-state index in [1.165, 1.54) is 4.90 Å². The van der Waals surface area contributed by atoms with Crippen LogP contribution in [0.1, 0.15) is 19.5 Å². The lowest BCUT2D eigenvalue weighted by Gasteiger charge is -2.27. The van der Waals surface area contributed by atoms with Crippen LogP contribution >= 0.6 is 0 Å². The van der Waals surface area contributed by atoms with Crippen LogP contribution in [-0.2, 0) is 6.18 Å². The molecule has 8 heteroatoms. The molecule has 0 aliphatic heterocycles. The average molecular weight is 264 g/mol. The number of nitrogen functional groups attached to an aromatic ring is 1. The van der Waals surface area contributed by atoms with Gasteiger partial charge in [0.1, 0.15) is 5.82 Å². The average Bonchev–Trinajstić information content (AvgIpc) is 2.23. The fourth-order valence-corrected chi connectivity index (χ4v) is 1.49. The molecule has 1 rings (SSSR count). The van der Waals surface area contributed by atoms with E-state index in [2.05, 4.69) is 9.97 Å². The highest BCUT2D eigenvalue weighted by atomic mass is 19.4. The van der Waals surface area contributed by atoms with Crippen molar-refractivity contribution in [3.8, 4) is 0 Å². The second-order valence-corrected chi connectivity index (χ2v) is 3.98. The van der Waals surface area contributed by atoms with Crippen molar-refractivity contribution in [3.63, 3.8) is 0 Å². The topological polar surface area (TPSA) is 75.3 Å². The van der Waals surface area contributed by atoms with E-state index in [1.54, 1.807) is 13.8 Å². The Labute approximate surface area is 102 Å². The van der Waals surface area contributed by atoms with E-state index in [0.29, 0.717) is 0 Å². The van der Waals surface area contributed by atoms with Gasteiger partial charge in [0, 0.05) is 18.7 Å². The Morgan fingerprint density at radius 1 is 1.39 bits per heavy atom. The van der Waals surface area contributed by atoms with Gasteiger partial charge < -0.3 is 15.7 Å². The largest absolute Gasteiger partial charge is 0.433 e. The number of aromatic nitrogens is 2. The number of aliphatic hydroxyl groups excluding tert-OH is 1. The number of alkyl halides is 3. The van der Waals surface area contributed by atoms with Gasteiger partial charge in [-0.2, -0.15) is 18.2 Å². The first-order valence-electron chi connectivity index (χ1n) is 5.35. The lowest BCUT2D eigenvalue weighted by atomic mass is 10.3. The maximum atomic E-state index is 12.6. The predicted molar refractivity (Wildman–Crippen MR) is 61.0 cm³/mol. The molecule has 5 nitrogen and oxygen atoms in total. The summed E-state index contributed by atoms with van der Waals surface area (Å²) in [6, 6.07) is 0.707. The van der Waals surface area contributed by atoms with Crippen molar-refractivity contribution in [2.75, 3.05) is 23.8 Å². The van der Waals surface area contributed by atoms with Crippen LogP contribution in [0, 0.1) is 0 Å². The number of aliphatic hydroxyl groups is 1. The molecule has 102 valence electrons. The summed E-state index contributed by atoms with van der Waals surface area (Å²) in [6.45, 7) is 3.54. The zero-order valence-corrected chi connectivity index (χ0v) is 10.1. The smallest absolute Gasteiger partial charge is 0.395 e. The van der Waals surface area contributed by atoms with Crippen LogP contribution in [0.4, 0.5) is 24.9 Å². The summed E-state index contributed by atoms with van der Waals surface area (Å²) < 4.78 is 37.8. The fraction of sp³-hybridized carbons (Fsp3) is 0.600. The van der Waals surface area contributed by atoms with Crippen LogP contribution < -0.4 is 10.6 Å². The van der Waals surface area contributed by atoms with E-state index in [9.17, 15) is 13.2 Å². The highest BCUT2D eigenvalue weighted by Crippen LogP contribution is 2.30. The third kappa shape index (κ3) is 3.46. The molecule has 0 saturated heterocycles. The van der Waals surface area contributed by atoms with Crippen molar-refractivity contribution in [1.29, 1.82) is 0 Å². The van der Waals surface area contributed by atoms with Crippen LogP contribution in [0.3, 0.4) is 0 Å². The van der Waals surface area contributed by atoms with E-state index >= 15 is 0 Å². The molecule has 0 saturated carbocycles. The third-order valence-corrected chi connectivity index (χ3v) is 2.28. The Balaban J connectivity index is 3.19. The van der Waals surface area contributed by atoms with Gasteiger partial charge in [-0.15, -0.1) is 0 Å². The monoisotopic (exact) mass is 264 g/mol. The van der Waals surface area contributed by atoms with Gasteiger partial charge in [-0.25, -0.2) is 4.98 Å². The Kier molecular flexibility index (Phi) is 4.33. The first kappa shape index (κ1) is 14.5. The van der Waals surface area contributed by atoms with Crippen molar-refractivity contribution < 1.29 is 18.3 Å². The predicted octanol–water partition coefficient (Wildman–Crippen LogP) is 1.28. The van der Waals surface area contributed by atoms with Gasteiger partial charge in [0.25, 0.3) is 0 Å². The molecule has 0 spiro atoms. The van der Waals surface area contributed by atoms with E-state index in [4.69, 9.17) is 10.8 Å². The number of halogens is 3. The molecule has 18 heavy (non-hydrogen) atoms. The zero-order chi connectivity index (χ0) is 13.9. The molecule has 0 unspecified atom stereocenters. The van der Waals surface area contributed by atoms with Crippen molar-refractivity contribution in [1.82, 2.24) is 9.97 Å². The van der Waals surface area contributed by atoms with Crippen LogP contribution in [0.2, 0.25) is 0 Å². The van der Waals surface area contributed by atoms with Gasteiger partial charge in [0.2, 0.25) is 5.95 Å². The first-order valence-corrected chi connectivity index (χ1v) is 5.35. The molecule has 1 aromatic heterocycles. The second kappa shape index (κ2) is 5.38. The molecule has 0 aliphatic rings. The van der Waals surface area contributed by atoms with Gasteiger partial charge in [0.05, 0.1) is 6.61 Å². The van der Waals surface area contributed by atoms with Gasteiger partial charge >= 0.3 is 6.18 Å². The second-order valence-electron chi connectivity index (χ2n) is 3.98. The molecule has 1 aromatic rings. The molecule has 0 bridgehead atoms. The summed E-state index contributed by atoms with van der Waals surface area (Å²) in [5, 5.41) is 8.91. The molecular weight excluding hydrogens is 249 g/mol. The van der Waals surface area contributed by atoms with Crippen LogP contribution in [0.5, 0.6) is 0 Å².